The van der Waals surface area contributed by atoms with Crippen molar-refractivity contribution < 1.29 is 9.47 Å². The Morgan fingerprint density at radius 2 is 1.79 bits per heavy atom. The van der Waals surface area contributed by atoms with E-state index in [1.807, 2.05) is 6.92 Å². The zero-order valence-corrected chi connectivity index (χ0v) is 20.1. The van der Waals surface area contributed by atoms with E-state index in [1.54, 1.807) is 54.6 Å². The topological polar surface area (TPSA) is 85.7 Å². The first-order valence-electron chi connectivity index (χ1n) is 10.2. The maximum atomic E-state index is 12.7. The Hall–Kier alpha value is -3.26. The van der Waals surface area contributed by atoms with Gasteiger partial charge in [-0.1, -0.05) is 53.0 Å². The van der Waals surface area contributed by atoms with Crippen molar-refractivity contribution in [2.75, 3.05) is 6.61 Å². The van der Waals surface area contributed by atoms with Crippen molar-refractivity contribution in [3.05, 3.63) is 102 Å². The lowest BCUT2D eigenvalue weighted by atomic mass is 10.2. The molecular formula is C24H18Cl3N3O4. The molecule has 0 atom stereocenters. The molecule has 0 unspecified atom stereocenters. The van der Waals surface area contributed by atoms with Gasteiger partial charge in [-0.3, -0.25) is 4.79 Å². The van der Waals surface area contributed by atoms with Crippen molar-refractivity contribution in [2.24, 2.45) is 5.10 Å². The van der Waals surface area contributed by atoms with Crippen molar-refractivity contribution in [1.29, 1.82) is 0 Å². The van der Waals surface area contributed by atoms with Crippen LogP contribution in [0.4, 0.5) is 0 Å². The fourth-order valence-corrected chi connectivity index (χ4v) is 3.97. The number of hydrogen-bond donors (Lipinski definition) is 1. The number of para-hydroxylation sites is 1. The van der Waals surface area contributed by atoms with Crippen LogP contribution in [-0.4, -0.2) is 22.5 Å². The number of fused-ring (bicyclic) bond motifs is 1. The van der Waals surface area contributed by atoms with Crippen LogP contribution in [0.2, 0.25) is 15.1 Å². The van der Waals surface area contributed by atoms with Crippen LogP contribution >= 0.6 is 34.8 Å². The third kappa shape index (κ3) is 5.12. The third-order valence-electron chi connectivity index (χ3n) is 4.82. The molecule has 0 spiro atoms. The summed E-state index contributed by atoms with van der Waals surface area (Å²) in [7, 11) is 0. The van der Waals surface area contributed by atoms with E-state index < -0.39 is 11.2 Å². The van der Waals surface area contributed by atoms with Crippen LogP contribution in [0, 0.1) is 0 Å². The number of aromatic nitrogens is 2. The average Bonchev–Trinajstić information content (AvgIpc) is 2.80. The van der Waals surface area contributed by atoms with E-state index in [0.717, 1.165) is 10.2 Å². The first kappa shape index (κ1) is 23.9. The molecule has 0 saturated heterocycles. The number of ether oxygens (including phenoxy) is 2. The SMILES string of the molecule is CCOc1cc(C=Nn2c(=O)[nH]c3ccccc3c2=O)cc(Cl)c1OCc1ccc(Cl)cc1Cl. The number of nitrogens with zero attached hydrogens (tertiary/aromatic N) is 2. The molecule has 4 rings (SSSR count). The molecule has 1 N–H and O–H groups in total. The minimum absolute atomic E-state index is 0.144. The van der Waals surface area contributed by atoms with E-state index in [1.165, 1.54) is 6.21 Å². The number of benzene rings is 3. The molecule has 7 nitrogen and oxygen atoms in total. The van der Waals surface area contributed by atoms with Gasteiger partial charge in [0, 0.05) is 15.6 Å². The number of nitrogens with one attached hydrogen (secondary N) is 1. The Bertz CT molecular complexity index is 1510. The van der Waals surface area contributed by atoms with Crippen LogP contribution in [0.3, 0.4) is 0 Å². The molecule has 0 aliphatic rings. The van der Waals surface area contributed by atoms with Gasteiger partial charge in [0.2, 0.25) is 0 Å². The summed E-state index contributed by atoms with van der Waals surface area (Å²) in [4.78, 5) is 27.6. The highest BCUT2D eigenvalue weighted by molar-refractivity contribution is 6.35. The molecule has 174 valence electrons. The van der Waals surface area contributed by atoms with Crippen molar-refractivity contribution in [3.63, 3.8) is 0 Å². The molecule has 0 aliphatic heterocycles. The molecule has 10 heteroatoms. The number of aromatic amines is 1. The Balaban J connectivity index is 1.65. The first-order valence-corrected chi connectivity index (χ1v) is 11.3. The molecular weight excluding hydrogens is 501 g/mol. The lowest BCUT2D eigenvalue weighted by Crippen LogP contribution is -2.32. The van der Waals surface area contributed by atoms with Crippen LogP contribution in [0.25, 0.3) is 10.9 Å². The normalized spacial score (nSPS) is 11.3. The maximum absolute atomic E-state index is 12.7. The molecule has 0 fully saturated rings. The first-order chi connectivity index (χ1) is 16.4. The Morgan fingerprint density at radius 1 is 1.00 bits per heavy atom. The highest BCUT2D eigenvalue weighted by atomic mass is 35.5. The lowest BCUT2D eigenvalue weighted by molar-refractivity contribution is 0.269. The smallest absolute Gasteiger partial charge is 0.349 e. The molecule has 0 saturated carbocycles. The second-order valence-corrected chi connectivity index (χ2v) is 8.38. The summed E-state index contributed by atoms with van der Waals surface area (Å²) in [5, 5.41) is 5.66. The summed E-state index contributed by atoms with van der Waals surface area (Å²) in [6.45, 7) is 2.33. The van der Waals surface area contributed by atoms with Gasteiger partial charge in [-0.15, -0.1) is 4.68 Å². The van der Waals surface area contributed by atoms with Gasteiger partial charge < -0.3 is 14.5 Å². The summed E-state index contributed by atoms with van der Waals surface area (Å²) in [5.41, 5.74) is 0.477. The standard InChI is InChI=1S/C24H18Cl3N3O4/c1-2-33-21-10-14(9-19(27)22(21)34-13-15-7-8-16(25)11-18(15)26)12-28-30-23(31)17-5-3-4-6-20(17)29-24(30)32/h3-12H,2,13H2,1H3,(H,29,32). The minimum Gasteiger partial charge on any atom is -0.490 e. The summed E-state index contributed by atoms with van der Waals surface area (Å²) in [6.07, 6.45) is 1.35. The Kier molecular flexibility index (Phi) is 7.26. The lowest BCUT2D eigenvalue weighted by Gasteiger charge is -2.15. The molecule has 0 radical (unpaired) electrons. The maximum Gasteiger partial charge on any atom is 0.349 e. The second-order valence-electron chi connectivity index (χ2n) is 7.12. The summed E-state index contributed by atoms with van der Waals surface area (Å²) >= 11 is 18.6. The van der Waals surface area contributed by atoms with E-state index >= 15 is 0 Å². The number of hydrogen-bond acceptors (Lipinski definition) is 5. The van der Waals surface area contributed by atoms with Crippen LogP contribution in [0.15, 0.2) is 69.3 Å². The molecule has 4 aromatic rings. The third-order valence-corrected chi connectivity index (χ3v) is 5.69. The van der Waals surface area contributed by atoms with E-state index in [0.29, 0.717) is 44.6 Å². The van der Waals surface area contributed by atoms with E-state index in [-0.39, 0.29) is 11.6 Å². The van der Waals surface area contributed by atoms with E-state index in [2.05, 4.69) is 10.1 Å². The van der Waals surface area contributed by atoms with Gasteiger partial charge in [0.25, 0.3) is 5.56 Å². The van der Waals surface area contributed by atoms with Crippen LogP contribution in [0.1, 0.15) is 18.1 Å². The van der Waals surface area contributed by atoms with Gasteiger partial charge in [-0.05, 0) is 48.9 Å². The van der Waals surface area contributed by atoms with Crippen molar-refractivity contribution >= 4 is 51.9 Å². The summed E-state index contributed by atoms with van der Waals surface area (Å²) in [5.74, 6) is 0.703. The molecule has 1 aromatic heterocycles. The Labute approximate surface area is 209 Å². The largest absolute Gasteiger partial charge is 0.490 e. The van der Waals surface area contributed by atoms with Crippen molar-refractivity contribution in [3.8, 4) is 11.5 Å². The minimum atomic E-state index is -0.657. The fraction of sp³-hybridized carbons (Fsp3) is 0.125. The molecule has 1 heterocycles. The van der Waals surface area contributed by atoms with Crippen LogP contribution in [-0.2, 0) is 6.61 Å². The van der Waals surface area contributed by atoms with Gasteiger partial charge in [0.1, 0.15) is 6.61 Å². The highest BCUT2D eigenvalue weighted by Gasteiger charge is 2.14. The molecule has 34 heavy (non-hydrogen) atoms. The number of halogens is 3. The van der Waals surface area contributed by atoms with Crippen molar-refractivity contribution in [2.45, 2.75) is 13.5 Å². The Morgan fingerprint density at radius 3 is 2.56 bits per heavy atom. The van der Waals surface area contributed by atoms with Gasteiger partial charge >= 0.3 is 5.69 Å². The van der Waals surface area contributed by atoms with E-state index in [4.69, 9.17) is 44.3 Å². The highest BCUT2D eigenvalue weighted by Crippen LogP contribution is 2.37. The summed E-state index contributed by atoms with van der Waals surface area (Å²) in [6, 6.07) is 15.0. The van der Waals surface area contributed by atoms with Crippen LogP contribution < -0.4 is 20.7 Å². The number of H-pyrrole nitrogens is 1. The predicted molar refractivity (Wildman–Crippen MR) is 135 cm³/mol. The second kappa shape index (κ2) is 10.3. The zero-order chi connectivity index (χ0) is 24.2. The zero-order valence-electron chi connectivity index (χ0n) is 17.8. The van der Waals surface area contributed by atoms with Gasteiger partial charge in [-0.2, -0.15) is 5.10 Å². The van der Waals surface area contributed by atoms with Gasteiger partial charge in [0.05, 0.1) is 28.7 Å². The fourth-order valence-electron chi connectivity index (χ4n) is 3.24. The number of rotatable bonds is 7. The average molecular weight is 519 g/mol. The van der Waals surface area contributed by atoms with Crippen molar-refractivity contribution in [1.82, 2.24) is 9.66 Å². The van der Waals surface area contributed by atoms with Gasteiger partial charge in [-0.25, -0.2) is 4.79 Å². The molecule has 3 aromatic carbocycles. The van der Waals surface area contributed by atoms with Crippen LogP contribution in [0.5, 0.6) is 11.5 Å². The molecule has 0 aliphatic carbocycles. The van der Waals surface area contributed by atoms with Gasteiger partial charge in [0.15, 0.2) is 11.5 Å². The molecule has 0 bridgehead atoms. The predicted octanol–water partition coefficient (Wildman–Crippen LogP) is 5.51. The quantitative estimate of drug-likeness (QED) is 0.327. The van der Waals surface area contributed by atoms with E-state index in [9.17, 15) is 9.59 Å². The molecule has 0 amide bonds. The monoisotopic (exact) mass is 517 g/mol. The summed E-state index contributed by atoms with van der Waals surface area (Å²) < 4.78 is 12.3.